The molecule has 202 valence electrons. The number of nitrogens with one attached hydrogen (secondary N) is 4. The van der Waals surface area contributed by atoms with E-state index in [0.717, 1.165) is 31.4 Å². The molecule has 0 radical (unpaired) electrons. The zero-order valence-electron chi connectivity index (χ0n) is 21.4. The van der Waals surface area contributed by atoms with E-state index < -0.39 is 12.7 Å². The van der Waals surface area contributed by atoms with Crippen LogP contribution < -0.4 is 21.3 Å². The van der Waals surface area contributed by atoms with Crippen molar-refractivity contribution >= 4 is 28.2 Å². The van der Waals surface area contributed by atoms with Crippen LogP contribution in [0.4, 0.5) is 24.5 Å². The number of carbonyl (C=O) groups excluding carboxylic acids is 1. The number of amides is 1. The minimum atomic E-state index is -4.41. The molecule has 4 rings (SSSR count). The van der Waals surface area contributed by atoms with Crippen LogP contribution >= 0.6 is 0 Å². The number of nitrogens with zero attached hydrogens (tertiary/aromatic N) is 1. The molecule has 0 bridgehead atoms. The monoisotopic (exact) mass is 527 g/mol. The molecule has 0 aliphatic heterocycles. The smallest absolute Gasteiger partial charge is 0.406 e. The van der Waals surface area contributed by atoms with Crippen molar-refractivity contribution in [2.24, 2.45) is 0 Å². The number of phenols is 1. The summed E-state index contributed by atoms with van der Waals surface area (Å²) in [7, 11) is 3.46. The normalized spacial score (nSPS) is 17.5. The first-order valence-electron chi connectivity index (χ1n) is 12.6. The molecule has 1 aromatic heterocycles. The fourth-order valence-electron chi connectivity index (χ4n) is 4.85. The van der Waals surface area contributed by atoms with Crippen LogP contribution in [0, 0.1) is 11.8 Å². The number of aromatic nitrogens is 1. The van der Waals surface area contributed by atoms with E-state index in [1.165, 1.54) is 17.7 Å². The maximum atomic E-state index is 13.5. The highest BCUT2D eigenvalue weighted by Crippen LogP contribution is 2.32. The molecule has 5 N–H and O–H groups in total. The van der Waals surface area contributed by atoms with E-state index in [0.29, 0.717) is 28.2 Å². The highest BCUT2D eigenvalue weighted by atomic mass is 19.4. The van der Waals surface area contributed by atoms with Gasteiger partial charge in [-0.3, -0.25) is 4.79 Å². The van der Waals surface area contributed by atoms with Gasteiger partial charge in [-0.1, -0.05) is 12.0 Å². The van der Waals surface area contributed by atoms with E-state index in [2.05, 4.69) is 33.1 Å². The second-order valence-electron chi connectivity index (χ2n) is 9.42. The van der Waals surface area contributed by atoms with Crippen LogP contribution in [0.25, 0.3) is 10.9 Å². The fraction of sp³-hybridized carbons (Fsp3) is 0.393. The van der Waals surface area contributed by atoms with E-state index in [4.69, 9.17) is 0 Å². The van der Waals surface area contributed by atoms with E-state index in [9.17, 15) is 23.1 Å². The van der Waals surface area contributed by atoms with Gasteiger partial charge in [0.2, 0.25) is 0 Å². The molecule has 0 spiro atoms. The molecule has 2 aromatic carbocycles. The number of aromatic hydroxyl groups is 1. The van der Waals surface area contributed by atoms with Gasteiger partial charge in [-0.05, 0) is 75.0 Å². The third-order valence-corrected chi connectivity index (χ3v) is 6.85. The highest BCUT2D eigenvalue weighted by Gasteiger charge is 2.30. The lowest BCUT2D eigenvalue weighted by molar-refractivity contribution is -0.140. The molecule has 1 heterocycles. The number of rotatable bonds is 7. The first-order valence-corrected chi connectivity index (χ1v) is 12.6. The van der Waals surface area contributed by atoms with Gasteiger partial charge < -0.3 is 30.9 Å². The van der Waals surface area contributed by atoms with Crippen molar-refractivity contribution in [3.8, 4) is 17.6 Å². The molecule has 3 aromatic rings. The Morgan fingerprint density at radius 1 is 1.05 bits per heavy atom. The second kappa shape index (κ2) is 11.7. The van der Waals surface area contributed by atoms with Gasteiger partial charge in [0.15, 0.2) is 0 Å². The van der Waals surface area contributed by atoms with Gasteiger partial charge in [0.25, 0.3) is 5.91 Å². The lowest BCUT2D eigenvalue weighted by Crippen LogP contribution is -2.34. The molecule has 1 aliphatic carbocycles. The standard InChI is InChI=1S/C28H32F3N5O2/c1-32-19-9-11-20(12-10-19)35-23-6-3-7-25-22(23)16-21(36(25)17-28(29,30)31)5-4-14-34-24-13-8-18(15-26(24)37)27(38)33-2/h3,6-8,13,15-16,19-20,32,34-35,37H,9-12,14,17H2,1-2H3,(H,33,38). The van der Waals surface area contributed by atoms with Crippen LogP contribution in [0.5, 0.6) is 5.75 Å². The fourth-order valence-corrected chi connectivity index (χ4v) is 4.85. The van der Waals surface area contributed by atoms with Gasteiger partial charge in [-0.25, -0.2) is 0 Å². The van der Waals surface area contributed by atoms with Gasteiger partial charge in [-0.15, -0.1) is 0 Å². The van der Waals surface area contributed by atoms with Gasteiger partial charge in [0.05, 0.1) is 23.4 Å². The lowest BCUT2D eigenvalue weighted by atomic mass is 9.91. The summed E-state index contributed by atoms with van der Waals surface area (Å²) in [5, 5.41) is 23.2. The topological polar surface area (TPSA) is 90.4 Å². The summed E-state index contributed by atoms with van der Waals surface area (Å²) in [6.45, 7) is -1.06. The summed E-state index contributed by atoms with van der Waals surface area (Å²) in [6.07, 6.45) is -0.338. The number of hydrogen-bond donors (Lipinski definition) is 5. The average molecular weight is 528 g/mol. The maximum absolute atomic E-state index is 13.5. The Bertz CT molecular complexity index is 1350. The van der Waals surface area contributed by atoms with Gasteiger partial charge >= 0.3 is 6.18 Å². The maximum Gasteiger partial charge on any atom is 0.406 e. The third-order valence-electron chi connectivity index (χ3n) is 6.85. The molecule has 1 amide bonds. The molecule has 10 heteroatoms. The first-order chi connectivity index (χ1) is 18.2. The number of benzene rings is 2. The summed E-state index contributed by atoms with van der Waals surface area (Å²) in [5.41, 5.74) is 2.20. The molecule has 1 fully saturated rings. The summed E-state index contributed by atoms with van der Waals surface area (Å²) in [6, 6.07) is 12.2. The number of anilines is 2. The predicted octanol–water partition coefficient (Wildman–Crippen LogP) is 4.67. The number of fused-ring (bicyclic) bond motifs is 1. The van der Waals surface area contributed by atoms with E-state index in [1.54, 1.807) is 30.3 Å². The van der Waals surface area contributed by atoms with Crippen molar-refractivity contribution in [2.75, 3.05) is 31.3 Å². The van der Waals surface area contributed by atoms with Crippen molar-refractivity contribution in [2.45, 2.75) is 50.5 Å². The average Bonchev–Trinajstić information content (AvgIpc) is 3.24. The van der Waals surface area contributed by atoms with Crippen LogP contribution in [0.2, 0.25) is 0 Å². The summed E-state index contributed by atoms with van der Waals surface area (Å²) in [5.74, 6) is 5.27. The zero-order chi connectivity index (χ0) is 27.3. The summed E-state index contributed by atoms with van der Waals surface area (Å²) < 4.78 is 41.6. The number of alkyl halides is 3. The largest absolute Gasteiger partial charge is 0.506 e. The Morgan fingerprint density at radius 3 is 2.45 bits per heavy atom. The van der Waals surface area contributed by atoms with Gasteiger partial charge in [0, 0.05) is 35.8 Å². The second-order valence-corrected chi connectivity index (χ2v) is 9.42. The quantitative estimate of drug-likeness (QED) is 0.228. The molecule has 1 aliphatic rings. The Balaban J connectivity index is 1.55. The van der Waals surface area contributed by atoms with Crippen LogP contribution in [-0.4, -0.2) is 54.5 Å². The Labute approximate surface area is 219 Å². The lowest BCUT2D eigenvalue weighted by Gasteiger charge is -2.29. The zero-order valence-corrected chi connectivity index (χ0v) is 21.4. The molecule has 38 heavy (non-hydrogen) atoms. The molecule has 0 atom stereocenters. The van der Waals surface area contributed by atoms with Crippen LogP contribution in [0.15, 0.2) is 42.5 Å². The highest BCUT2D eigenvalue weighted by molar-refractivity contribution is 5.95. The van der Waals surface area contributed by atoms with Crippen molar-refractivity contribution in [1.29, 1.82) is 0 Å². The van der Waals surface area contributed by atoms with Crippen molar-refractivity contribution in [3.05, 3.63) is 53.7 Å². The van der Waals surface area contributed by atoms with Crippen LogP contribution in [0.1, 0.15) is 41.7 Å². The molecular formula is C28H32F3N5O2. The Hall–Kier alpha value is -3.84. The van der Waals surface area contributed by atoms with E-state index >= 15 is 0 Å². The number of carbonyl (C=O) groups is 1. The van der Waals surface area contributed by atoms with Gasteiger partial charge in [0.1, 0.15) is 12.3 Å². The third kappa shape index (κ3) is 6.53. The Morgan fingerprint density at radius 2 is 1.79 bits per heavy atom. The minimum Gasteiger partial charge on any atom is -0.506 e. The molecule has 0 unspecified atom stereocenters. The SMILES string of the molecule is CNC(=O)c1ccc(NCC#Cc2cc3c(NC4CCC(NC)CC4)cccc3n2CC(F)(F)F)c(O)c1. The predicted molar refractivity (Wildman–Crippen MR) is 144 cm³/mol. The number of phenolic OH excluding ortho intramolecular Hbond substituents is 1. The molecular weight excluding hydrogens is 495 g/mol. The summed E-state index contributed by atoms with van der Waals surface area (Å²) >= 11 is 0. The molecule has 7 nitrogen and oxygen atoms in total. The molecule has 1 saturated carbocycles. The van der Waals surface area contributed by atoms with Crippen LogP contribution in [0.3, 0.4) is 0 Å². The van der Waals surface area contributed by atoms with Crippen molar-refractivity contribution < 1.29 is 23.1 Å². The number of halogens is 3. The first kappa shape index (κ1) is 27.2. The van der Waals surface area contributed by atoms with E-state index in [1.807, 2.05) is 13.1 Å². The van der Waals surface area contributed by atoms with Crippen LogP contribution in [-0.2, 0) is 6.54 Å². The van der Waals surface area contributed by atoms with Crippen molar-refractivity contribution in [3.63, 3.8) is 0 Å². The Kier molecular flexibility index (Phi) is 8.37. The van der Waals surface area contributed by atoms with Gasteiger partial charge in [-0.2, -0.15) is 13.2 Å². The number of hydrogen-bond acceptors (Lipinski definition) is 5. The van der Waals surface area contributed by atoms with Crippen molar-refractivity contribution in [1.82, 2.24) is 15.2 Å². The van der Waals surface area contributed by atoms with E-state index in [-0.39, 0.29) is 29.9 Å². The molecule has 0 saturated heterocycles. The minimum absolute atomic E-state index is 0.0836. The summed E-state index contributed by atoms with van der Waals surface area (Å²) in [4.78, 5) is 11.7.